The number of halogens is 3. The fourth-order valence-electron chi connectivity index (χ4n) is 4.31. The Morgan fingerprint density at radius 3 is 2.57 bits per heavy atom. The number of benzene rings is 1. The van der Waals surface area contributed by atoms with E-state index in [4.69, 9.17) is 4.52 Å². The molecule has 0 radical (unpaired) electrons. The SMILES string of the molecule is CC#CC(=O)Nc1nn(C)cc1-c1nc2c(-c3ccc(CNC(=O)c4nc(C(C)(C)C)no4)c(C(F)(F)F)c3)ccnc2[nH]1. The predicted molar refractivity (Wildman–Crippen MR) is 153 cm³/mol. The number of nitrogens with one attached hydrogen (secondary N) is 3. The number of imidazole rings is 1. The van der Waals surface area contributed by atoms with Crippen molar-refractivity contribution in [2.45, 2.75) is 45.8 Å². The van der Waals surface area contributed by atoms with Crippen molar-refractivity contribution in [2.75, 3.05) is 5.32 Å². The largest absolute Gasteiger partial charge is 0.416 e. The van der Waals surface area contributed by atoms with Gasteiger partial charge >= 0.3 is 23.9 Å². The van der Waals surface area contributed by atoms with Crippen molar-refractivity contribution in [1.29, 1.82) is 0 Å². The molecule has 0 bridgehead atoms. The standard InChI is InChI=1S/C29H26F3N9O3/c1-6-7-20(42)35-23-18(14-41(5)39-23)22-36-21-17(10-11-33-24(21)37-22)15-8-9-16(19(12-15)29(30,31)32)13-34-25(43)26-38-27(40-44-26)28(2,3)4/h8-12,14H,13H2,1-5H3,(H,34,43)(H,33,36,37)(H,35,39,42). The molecule has 0 unspecified atom stereocenters. The maximum absolute atomic E-state index is 14.2. The summed E-state index contributed by atoms with van der Waals surface area (Å²) in [4.78, 5) is 40.6. The molecule has 15 heteroatoms. The molecular weight excluding hydrogens is 579 g/mol. The van der Waals surface area contributed by atoms with Crippen molar-refractivity contribution in [1.82, 2.24) is 40.2 Å². The molecular formula is C29H26F3N9O3. The maximum Gasteiger partial charge on any atom is 0.416 e. The molecule has 0 aliphatic heterocycles. The van der Waals surface area contributed by atoms with Crippen LogP contribution in [0, 0.1) is 11.8 Å². The fourth-order valence-corrected chi connectivity index (χ4v) is 4.31. The number of carbonyl (C=O) groups is 2. The normalized spacial score (nSPS) is 11.7. The van der Waals surface area contributed by atoms with Gasteiger partial charge in [0.2, 0.25) is 0 Å². The first-order valence-electron chi connectivity index (χ1n) is 13.2. The van der Waals surface area contributed by atoms with E-state index in [-0.39, 0.29) is 22.8 Å². The van der Waals surface area contributed by atoms with Gasteiger partial charge in [-0.25, -0.2) is 9.97 Å². The second kappa shape index (κ2) is 11.3. The van der Waals surface area contributed by atoms with Crippen LogP contribution in [0.5, 0.6) is 0 Å². The Balaban J connectivity index is 1.46. The first kappa shape index (κ1) is 30.0. The Bertz CT molecular complexity index is 1950. The summed E-state index contributed by atoms with van der Waals surface area (Å²) in [5.41, 5.74) is 0.0710. The number of carbonyl (C=O) groups excluding carboxylic acids is 2. The highest BCUT2D eigenvalue weighted by molar-refractivity contribution is 6.05. The summed E-state index contributed by atoms with van der Waals surface area (Å²) < 4.78 is 49.1. The molecule has 0 atom stereocenters. The van der Waals surface area contributed by atoms with Gasteiger partial charge in [-0.05, 0) is 36.1 Å². The summed E-state index contributed by atoms with van der Waals surface area (Å²) in [5, 5.41) is 13.0. The van der Waals surface area contributed by atoms with Gasteiger partial charge < -0.3 is 14.8 Å². The van der Waals surface area contributed by atoms with Gasteiger partial charge in [0.1, 0.15) is 11.3 Å². The molecule has 5 rings (SSSR count). The Morgan fingerprint density at radius 2 is 1.89 bits per heavy atom. The van der Waals surface area contributed by atoms with Crippen LogP contribution in [0.25, 0.3) is 33.7 Å². The van der Waals surface area contributed by atoms with Gasteiger partial charge in [0.25, 0.3) is 0 Å². The number of aromatic amines is 1. The van der Waals surface area contributed by atoms with E-state index < -0.39 is 35.5 Å². The average Bonchev–Trinajstić information content (AvgIpc) is 3.69. The lowest BCUT2D eigenvalue weighted by Crippen LogP contribution is -2.25. The van der Waals surface area contributed by atoms with E-state index in [1.807, 2.05) is 20.8 Å². The predicted octanol–water partition coefficient (Wildman–Crippen LogP) is 4.62. The lowest BCUT2D eigenvalue weighted by Gasteiger charge is -2.15. The summed E-state index contributed by atoms with van der Waals surface area (Å²) in [5.74, 6) is 3.96. The van der Waals surface area contributed by atoms with Gasteiger partial charge in [0.15, 0.2) is 17.3 Å². The number of hydrogen-bond donors (Lipinski definition) is 3. The van der Waals surface area contributed by atoms with E-state index in [0.29, 0.717) is 33.9 Å². The highest BCUT2D eigenvalue weighted by Crippen LogP contribution is 2.37. The second-order valence-corrected chi connectivity index (χ2v) is 10.8. The number of rotatable bonds is 6. The van der Waals surface area contributed by atoms with Crippen LogP contribution in [-0.4, -0.2) is 46.7 Å². The quantitative estimate of drug-likeness (QED) is 0.237. The van der Waals surface area contributed by atoms with Crippen molar-refractivity contribution in [3.8, 4) is 34.4 Å². The zero-order chi connectivity index (χ0) is 31.8. The Hall–Kier alpha value is -5.52. The average molecular weight is 606 g/mol. The third-order valence-corrected chi connectivity index (χ3v) is 6.40. The van der Waals surface area contributed by atoms with E-state index in [9.17, 15) is 22.8 Å². The number of fused-ring (bicyclic) bond motifs is 1. The number of hydrogen-bond acceptors (Lipinski definition) is 8. The lowest BCUT2D eigenvalue weighted by molar-refractivity contribution is -0.138. The second-order valence-electron chi connectivity index (χ2n) is 10.8. The molecule has 1 aromatic carbocycles. The monoisotopic (exact) mass is 605 g/mol. The van der Waals surface area contributed by atoms with Gasteiger partial charge in [-0.2, -0.15) is 23.3 Å². The third kappa shape index (κ3) is 6.14. The molecule has 3 N–H and O–H groups in total. The molecule has 0 fully saturated rings. The topological polar surface area (TPSA) is 157 Å². The first-order chi connectivity index (χ1) is 20.7. The third-order valence-electron chi connectivity index (χ3n) is 6.40. The Kier molecular flexibility index (Phi) is 7.68. The summed E-state index contributed by atoms with van der Waals surface area (Å²) in [6, 6.07) is 5.34. The molecule has 0 saturated carbocycles. The molecule has 5 aromatic rings. The van der Waals surface area contributed by atoms with Crippen molar-refractivity contribution >= 4 is 28.8 Å². The number of anilines is 1. The van der Waals surface area contributed by atoms with Crippen molar-refractivity contribution in [3.63, 3.8) is 0 Å². The zero-order valence-electron chi connectivity index (χ0n) is 24.2. The van der Waals surface area contributed by atoms with E-state index in [2.05, 4.69) is 52.7 Å². The number of alkyl halides is 3. The van der Waals surface area contributed by atoms with E-state index in [0.717, 1.165) is 6.07 Å². The number of amides is 2. The lowest BCUT2D eigenvalue weighted by atomic mass is 9.96. The van der Waals surface area contributed by atoms with Crippen LogP contribution in [0.2, 0.25) is 0 Å². The molecule has 44 heavy (non-hydrogen) atoms. The number of H-pyrrole nitrogens is 1. The number of pyridine rings is 1. The molecule has 0 aliphatic carbocycles. The van der Waals surface area contributed by atoms with Crippen molar-refractivity contribution in [2.24, 2.45) is 7.05 Å². The van der Waals surface area contributed by atoms with Crippen LogP contribution in [0.1, 0.15) is 55.3 Å². The van der Waals surface area contributed by atoms with E-state index in [1.54, 1.807) is 19.3 Å². The number of aromatic nitrogens is 7. The van der Waals surface area contributed by atoms with Crippen LogP contribution in [0.15, 0.2) is 41.2 Å². The number of aryl methyl sites for hydroxylation is 1. The van der Waals surface area contributed by atoms with Crippen molar-refractivity contribution in [3.05, 3.63) is 59.5 Å². The van der Waals surface area contributed by atoms with Crippen LogP contribution in [0.4, 0.5) is 19.0 Å². The van der Waals surface area contributed by atoms with Gasteiger partial charge in [-0.15, -0.1) is 0 Å². The van der Waals surface area contributed by atoms with E-state index >= 15 is 0 Å². The molecule has 0 spiro atoms. The molecule has 4 heterocycles. The van der Waals surface area contributed by atoms with Crippen LogP contribution >= 0.6 is 0 Å². The molecule has 0 aliphatic rings. The van der Waals surface area contributed by atoms with Crippen LogP contribution in [0.3, 0.4) is 0 Å². The van der Waals surface area contributed by atoms with Gasteiger partial charge in [-0.3, -0.25) is 19.6 Å². The van der Waals surface area contributed by atoms with E-state index in [1.165, 1.54) is 29.9 Å². The maximum atomic E-state index is 14.2. The zero-order valence-corrected chi connectivity index (χ0v) is 24.2. The summed E-state index contributed by atoms with van der Waals surface area (Å²) in [6.07, 6.45) is -1.66. The minimum Gasteiger partial charge on any atom is -0.344 e. The minimum atomic E-state index is -4.73. The van der Waals surface area contributed by atoms with Gasteiger partial charge in [0.05, 0.1) is 11.1 Å². The Morgan fingerprint density at radius 1 is 1.11 bits per heavy atom. The fraction of sp³-hybridized carbons (Fsp3) is 0.276. The molecule has 0 saturated heterocycles. The number of nitrogens with zero attached hydrogens (tertiary/aromatic N) is 6. The van der Waals surface area contributed by atoms with Crippen molar-refractivity contribution < 1.29 is 27.3 Å². The van der Waals surface area contributed by atoms with Gasteiger partial charge in [-0.1, -0.05) is 44.0 Å². The molecule has 4 aromatic heterocycles. The highest BCUT2D eigenvalue weighted by Gasteiger charge is 2.34. The summed E-state index contributed by atoms with van der Waals surface area (Å²) in [6.45, 7) is 6.58. The Labute approximate surface area is 248 Å². The highest BCUT2D eigenvalue weighted by atomic mass is 19.4. The van der Waals surface area contributed by atoms with Crippen LogP contribution in [-0.2, 0) is 30.0 Å². The van der Waals surface area contributed by atoms with Gasteiger partial charge in [0, 0.05) is 37.0 Å². The summed E-state index contributed by atoms with van der Waals surface area (Å²) >= 11 is 0. The smallest absolute Gasteiger partial charge is 0.344 e. The first-order valence-corrected chi connectivity index (χ1v) is 13.2. The molecule has 226 valence electrons. The minimum absolute atomic E-state index is 0.163. The van der Waals surface area contributed by atoms with Crippen LogP contribution < -0.4 is 10.6 Å². The molecule has 12 nitrogen and oxygen atoms in total. The molecule has 2 amide bonds. The summed E-state index contributed by atoms with van der Waals surface area (Å²) in [7, 11) is 1.66.